The number of amides is 1. The van der Waals surface area contributed by atoms with E-state index in [1.54, 1.807) is 4.90 Å². The van der Waals surface area contributed by atoms with Gasteiger partial charge in [0.15, 0.2) is 0 Å². The lowest BCUT2D eigenvalue weighted by atomic mass is 10.1. The van der Waals surface area contributed by atoms with E-state index in [-0.39, 0.29) is 24.1 Å². The lowest BCUT2D eigenvalue weighted by molar-refractivity contribution is -0.119. The summed E-state index contributed by atoms with van der Waals surface area (Å²) in [5.74, 6) is -0.0952. The van der Waals surface area contributed by atoms with Gasteiger partial charge in [-0.15, -0.1) is 11.3 Å². The molecule has 0 N–H and O–H groups in total. The molecular formula is C23H19N3O2S. The molecule has 0 unspecified atom stereocenters. The zero-order valence-electron chi connectivity index (χ0n) is 15.9. The van der Waals surface area contributed by atoms with Crippen LogP contribution in [0.5, 0.6) is 0 Å². The standard InChI is InChI=1S/C23H19N3O2S/c1-15-11-17-9-5-6-10-19(17)26(15)20(27)12-25-14-24-22-21(23(25)28)18(13-29-22)16-7-3-2-4-8-16/h2-10,13-15H,11-12H2,1H3/t15-/m1/s1. The molecule has 1 atom stereocenters. The number of aromatic nitrogens is 2. The fourth-order valence-corrected chi connectivity index (χ4v) is 4.98. The first kappa shape index (κ1) is 17.8. The first-order valence-corrected chi connectivity index (χ1v) is 10.4. The summed E-state index contributed by atoms with van der Waals surface area (Å²) >= 11 is 1.45. The van der Waals surface area contributed by atoms with Crippen LogP contribution < -0.4 is 10.5 Å². The van der Waals surface area contributed by atoms with E-state index >= 15 is 0 Å². The maximum absolute atomic E-state index is 13.2. The molecule has 0 spiro atoms. The van der Waals surface area contributed by atoms with E-state index < -0.39 is 0 Å². The van der Waals surface area contributed by atoms with Crippen molar-refractivity contribution >= 4 is 33.1 Å². The predicted octanol–water partition coefficient (Wildman–Crippen LogP) is 4.10. The molecule has 2 aromatic carbocycles. The van der Waals surface area contributed by atoms with Crippen LogP contribution in [-0.4, -0.2) is 21.5 Å². The lowest BCUT2D eigenvalue weighted by Crippen LogP contribution is -2.40. The summed E-state index contributed by atoms with van der Waals surface area (Å²) in [5, 5.41) is 2.53. The monoisotopic (exact) mass is 401 g/mol. The zero-order chi connectivity index (χ0) is 20.0. The molecule has 1 amide bonds. The number of carbonyl (C=O) groups is 1. The SMILES string of the molecule is C[C@@H]1Cc2ccccc2N1C(=O)Cn1cnc2scc(-c3ccccc3)c2c1=O. The number of thiophene rings is 1. The number of hydrogen-bond donors (Lipinski definition) is 0. The minimum Gasteiger partial charge on any atom is -0.307 e. The maximum atomic E-state index is 13.2. The van der Waals surface area contributed by atoms with Crippen molar-refractivity contribution in [3.63, 3.8) is 0 Å². The molecule has 5 rings (SSSR count). The third-order valence-electron chi connectivity index (χ3n) is 5.43. The second-order valence-corrected chi connectivity index (χ2v) is 8.18. The van der Waals surface area contributed by atoms with Crippen LogP contribution >= 0.6 is 11.3 Å². The van der Waals surface area contributed by atoms with Crippen molar-refractivity contribution in [3.05, 3.63) is 82.2 Å². The number of carbonyl (C=O) groups excluding carboxylic acids is 1. The first-order valence-electron chi connectivity index (χ1n) is 9.55. The molecule has 1 aliphatic heterocycles. The predicted molar refractivity (Wildman–Crippen MR) is 116 cm³/mol. The van der Waals surface area contributed by atoms with E-state index in [9.17, 15) is 9.59 Å². The summed E-state index contributed by atoms with van der Waals surface area (Å²) in [4.78, 5) is 33.3. The number of nitrogens with zero attached hydrogens (tertiary/aromatic N) is 3. The molecule has 0 bridgehead atoms. The van der Waals surface area contributed by atoms with Crippen molar-refractivity contribution in [2.45, 2.75) is 25.9 Å². The highest BCUT2D eigenvalue weighted by Gasteiger charge is 2.30. The number of fused-ring (bicyclic) bond motifs is 2. The molecule has 6 heteroatoms. The van der Waals surface area contributed by atoms with Crippen LogP contribution in [0.15, 0.2) is 71.1 Å². The third kappa shape index (κ3) is 2.96. The summed E-state index contributed by atoms with van der Waals surface area (Å²) in [6.07, 6.45) is 2.32. The average molecular weight is 401 g/mol. The highest BCUT2D eigenvalue weighted by Crippen LogP contribution is 2.32. The maximum Gasteiger partial charge on any atom is 0.263 e. The van der Waals surface area contributed by atoms with Gasteiger partial charge in [-0.05, 0) is 30.5 Å². The fourth-order valence-electron chi connectivity index (χ4n) is 4.08. The fraction of sp³-hybridized carbons (Fsp3) is 0.174. The molecule has 3 heterocycles. The van der Waals surface area contributed by atoms with Gasteiger partial charge < -0.3 is 4.90 Å². The largest absolute Gasteiger partial charge is 0.307 e. The topological polar surface area (TPSA) is 55.2 Å². The Bertz CT molecular complexity index is 1280. The van der Waals surface area contributed by atoms with Gasteiger partial charge >= 0.3 is 0 Å². The summed E-state index contributed by atoms with van der Waals surface area (Å²) in [6, 6.07) is 17.8. The third-order valence-corrected chi connectivity index (χ3v) is 6.31. The van der Waals surface area contributed by atoms with Gasteiger partial charge in [0.25, 0.3) is 5.56 Å². The van der Waals surface area contributed by atoms with Gasteiger partial charge in [0.2, 0.25) is 5.91 Å². The number of rotatable bonds is 3. The van der Waals surface area contributed by atoms with E-state index in [0.717, 1.165) is 23.2 Å². The minimum atomic E-state index is -0.177. The highest BCUT2D eigenvalue weighted by atomic mass is 32.1. The van der Waals surface area contributed by atoms with Gasteiger partial charge in [0, 0.05) is 22.7 Å². The Labute approximate surface area is 171 Å². The van der Waals surface area contributed by atoms with Crippen molar-refractivity contribution in [2.24, 2.45) is 0 Å². The minimum absolute atomic E-state index is 0.0233. The first-order chi connectivity index (χ1) is 14.1. The average Bonchev–Trinajstić information content (AvgIpc) is 3.31. The van der Waals surface area contributed by atoms with E-state index in [4.69, 9.17) is 0 Å². The van der Waals surface area contributed by atoms with Crippen molar-refractivity contribution in [2.75, 3.05) is 4.90 Å². The van der Waals surface area contributed by atoms with Gasteiger partial charge in [-0.1, -0.05) is 48.5 Å². The number of benzene rings is 2. The smallest absolute Gasteiger partial charge is 0.263 e. The Morgan fingerprint density at radius 1 is 1.14 bits per heavy atom. The van der Waals surface area contributed by atoms with E-state index in [2.05, 4.69) is 11.1 Å². The van der Waals surface area contributed by atoms with Gasteiger partial charge in [-0.3, -0.25) is 14.2 Å². The van der Waals surface area contributed by atoms with E-state index in [0.29, 0.717) is 10.2 Å². The quantitative estimate of drug-likeness (QED) is 0.519. The second kappa shape index (κ2) is 6.97. The van der Waals surface area contributed by atoms with Crippen LogP contribution in [0.25, 0.3) is 21.3 Å². The summed E-state index contributed by atoms with van der Waals surface area (Å²) in [6.45, 7) is 2.01. The molecule has 1 aliphatic rings. The van der Waals surface area contributed by atoms with Crippen molar-refractivity contribution in [1.29, 1.82) is 0 Å². The van der Waals surface area contributed by atoms with E-state index in [1.165, 1.54) is 27.8 Å². The van der Waals surface area contributed by atoms with Crippen LogP contribution in [0.4, 0.5) is 5.69 Å². The molecule has 0 aliphatic carbocycles. The molecule has 0 radical (unpaired) electrons. The molecule has 29 heavy (non-hydrogen) atoms. The number of anilines is 1. The molecule has 0 fully saturated rings. The Morgan fingerprint density at radius 2 is 1.90 bits per heavy atom. The Morgan fingerprint density at radius 3 is 2.72 bits per heavy atom. The normalized spacial score (nSPS) is 15.6. The molecular weight excluding hydrogens is 382 g/mol. The Balaban J connectivity index is 1.53. The van der Waals surface area contributed by atoms with Crippen molar-refractivity contribution < 1.29 is 4.79 Å². The summed E-state index contributed by atoms with van der Waals surface area (Å²) in [5.41, 5.74) is 3.77. The van der Waals surface area contributed by atoms with Crippen LogP contribution in [0, 0.1) is 0 Å². The number of hydrogen-bond acceptors (Lipinski definition) is 4. The van der Waals surface area contributed by atoms with Gasteiger partial charge in [-0.2, -0.15) is 0 Å². The Hall–Kier alpha value is -3.25. The lowest BCUT2D eigenvalue weighted by Gasteiger charge is -2.23. The van der Waals surface area contributed by atoms with E-state index in [1.807, 2.05) is 60.8 Å². The van der Waals surface area contributed by atoms with Crippen LogP contribution in [0.2, 0.25) is 0 Å². The van der Waals surface area contributed by atoms with Gasteiger partial charge in [0.05, 0.1) is 11.7 Å². The molecule has 0 saturated heterocycles. The molecule has 2 aromatic heterocycles. The zero-order valence-corrected chi connectivity index (χ0v) is 16.7. The van der Waals surface area contributed by atoms with Crippen LogP contribution in [0.3, 0.4) is 0 Å². The molecule has 0 saturated carbocycles. The number of para-hydroxylation sites is 1. The molecule has 144 valence electrons. The van der Waals surface area contributed by atoms with Gasteiger partial charge in [-0.25, -0.2) is 4.98 Å². The Kier molecular flexibility index (Phi) is 4.28. The summed E-state index contributed by atoms with van der Waals surface area (Å²) in [7, 11) is 0. The second-order valence-electron chi connectivity index (χ2n) is 7.32. The van der Waals surface area contributed by atoms with Crippen LogP contribution in [0.1, 0.15) is 12.5 Å². The molecule has 5 nitrogen and oxygen atoms in total. The van der Waals surface area contributed by atoms with Crippen molar-refractivity contribution in [3.8, 4) is 11.1 Å². The van der Waals surface area contributed by atoms with Gasteiger partial charge in [0.1, 0.15) is 11.4 Å². The van der Waals surface area contributed by atoms with Crippen molar-refractivity contribution in [1.82, 2.24) is 9.55 Å². The molecule has 4 aromatic rings. The summed E-state index contributed by atoms with van der Waals surface area (Å²) < 4.78 is 1.43. The van der Waals surface area contributed by atoms with Crippen LogP contribution in [-0.2, 0) is 17.8 Å². The highest BCUT2D eigenvalue weighted by molar-refractivity contribution is 7.17.